The maximum Gasteiger partial charge on any atom is 0.236 e. The number of alkyl halides is 1. The molecule has 1 amide bonds. The molecule has 3 nitrogen and oxygen atoms in total. The smallest absolute Gasteiger partial charge is 0.236 e. The van der Waals surface area contributed by atoms with Gasteiger partial charge in [-0.1, -0.05) is 28.9 Å². The molecular formula is C13H17BrN2O. The summed E-state index contributed by atoms with van der Waals surface area (Å²) in [5.41, 5.74) is 1.10. The minimum atomic E-state index is -0.0558. The molecule has 0 bridgehead atoms. The van der Waals surface area contributed by atoms with Gasteiger partial charge in [0.05, 0.1) is 4.83 Å². The first-order valence-electron chi connectivity index (χ1n) is 6.05. The third kappa shape index (κ3) is 3.28. The van der Waals surface area contributed by atoms with Crippen LogP contribution in [0.15, 0.2) is 24.5 Å². The lowest BCUT2D eigenvalue weighted by atomic mass is 10.2. The zero-order chi connectivity index (χ0) is 12.3. The van der Waals surface area contributed by atoms with Gasteiger partial charge in [0.15, 0.2) is 0 Å². The van der Waals surface area contributed by atoms with Crippen molar-refractivity contribution < 1.29 is 4.79 Å². The van der Waals surface area contributed by atoms with Crippen LogP contribution < -0.4 is 0 Å². The van der Waals surface area contributed by atoms with E-state index in [1.54, 1.807) is 6.20 Å². The number of pyridine rings is 1. The second-order valence-corrected chi connectivity index (χ2v) is 5.54. The monoisotopic (exact) mass is 296 g/mol. The summed E-state index contributed by atoms with van der Waals surface area (Å²) in [4.78, 5) is 18.2. The standard InChI is InChI=1S/C13H17BrN2O/c1-2-12(14)13(17)16(11-5-6-11)9-10-4-3-7-15-8-10/h3-4,7-8,11-12H,2,5-6,9H2,1H3. The molecule has 1 aliphatic rings. The minimum absolute atomic E-state index is 0.0558. The number of rotatable bonds is 5. The second kappa shape index (κ2) is 5.63. The summed E-state index contributed by atoms with van der Waals surface area (Å²) >= 11 is 3.45. The highest BCUT2D eigenvalue weighted by molar-refractivity contribution is 9.10. The van der Waals surface area contributed by atoms with Crippen molar-refractivity contribution in [1.82, 2.24) is 9.88 Å². The fraction of sp³-hybridized carbons (Fsp3) is 0.538. The molecule has 1 aliphatic carbocycles. The van der Waals surface area contributed by atoms with Crippen molar-refractivity contribution in [2.45, 2.75) is 43.6 Å². The van der Waals surface area contributed by atoms with Crippen LogP contribution in [0.2, 0.25) is 0 Å². The number of amides is 1. The molecule has 4 heteroatoms. The molecule has 1 atom stereocenters. The summed E-state index contributed by atoms with van der Waals surface area (Å²) in [7, 11) is 0. The lowest BCUT2D eigenvalue weighted by Gasteiger charge is -2.24. The van der Waals surface area contributed by atoms with Crippen LogP contribution in [0.25, 0.3) is 0 Å². The van der Waals surface area contributed by atoms with Crippen molar-refractivity contribution in [3.8, 4) is 0 Å². The van der Waals surface area contributed by atoms with Crippen LogP contribution in [0.5, 0.6) is 0 Å². The van der Waals surface area contributed by atoms with Gasteiger partial charge < -0.3 is 4.90 Å². The van der Waals surface area contributed by atoms with Gasteiger partial charge in [-0.05, 0) is 30.9 Å². The SMILES string of the molecule is CCC(Br)C(=O)N(Cc1cccnc1)C1CC1. The number of hydrogen-bond donors (Lipinski definition) is 0. The van der Waals surface area contributed by atoms with E-state index in [0.717, 1.165) is 24.8 Å². The highest BCUT2D eigenvalue weighted by atomic mass is 79.9. The lowest BCUT2D eigenvalue weighted by molar-refractivity contribution is -0.131. The van der Waals surface area contributed by atoms with Crippen molar-refractivity contribution in [2.24, 2.45) is 0 Å². The van der Waals surface area contributed by atoms with E-state index < -0.39 is 0 Å². The average Bonchev–Trinajstić information content (AvgIpc) is 3.19. The van der Waals surface area contributed by atoms with Crippen LogP contribution in [0.3, 0.4) is 0 Å². The number of hydrogen-bond acceptors (Lipinski definition) is 2. The Kier molecular flexibility index (Phi) is 4.15. The molecule has 0 aromatic carbocycles. The summed E-state index contributed by atoms with van der Waals surface area (Å²) in [6, 6.07) is 4.37. The summed E-state index contributed by atoms with van der Waals surface area (Å²) < 4.78 is 0. The Balaban J connectivity index is 2.05. The molecule has 1 saturated carbocycles. The van der Waals surface area contributed by atoms with E-state index in [1.807, 2.05) is 30.2 Å². The summed E-state index contributed by atoms with van der Waals surface area (Å²) in [6.45, 7) is 2.70. The van der Waals surface area contributed by atoms with Gasteiger partial charge in [-0.15, -0.1) is 0 Å². The molecule has 92 valence electrons. The molecule has 0 saturated heterocycles. The Bertz CT molecular complexity index is 378. The molecule has 0 N–H and O–H groups in total. The quantitative estimate of drug-likeness (QED) is 0.783. The van der Waals surface area contributed by atoms with Gasteiger partial charge >= 0.3 is 0 Å². The molecule has 0 aliphatic heterocycles. The summed E-state index contributed by atoms with van der Waals surface area (Å²) in [5.74, 6) is 0.207. The Morgan fingerprint density at radius 1 is 1.65 bits per heavy atom. The number of nitrogens with zero attached hydrogens (tertiary/aromatic N) is 2. The first-order chi connectivity index (χ1) is 8.22. The van der Waals surface area contributed by atoms with Crippen molar-refractivity contribution in [3.63, 3.8) is 0 Å². The first kappa shape index (κ1) is 12.6. The van der Waals surface area contributed by atoms with Gasteiger partial charge in [-0.3, -0.25) is 9.78 Å². The molecule has 1 heterocycles. The Labute approximate surface area is 110 Å². The molecule has 0 spiro atoms. The Morgan fingerprint density at radius 2 is 2.41 bits per heavy atom. The maximum absolute atomic E-state index is 12.2. The Hall–Kier alpha value is -0.900. The largest absolute Gasteiger partial charge is 0.334 e. The number of aromatic nitrogens is 1. The van der Waals surface area contributed by atoms with Gasteiger partial charge in [-0.25, -0.2) is 0 Å². The molecule has 1 unspecified atom stereocenters. The molecule has 1 aromatic heterocycles. The van der Waals surface area contributed by atoms with Gasteiger partial charge in [0.25, 0.3) is 0 Å². The van der Waals surface area contributed by atoms with E-state index in [1.165, 1.54) is 0 Å². The van der Waals surface area contributed by atoms with Gasteiger partial charge in [0.1, 0.15) is 0 Å². The minimum Gasteiger partial charge on any atom is -0.334 e. The van der Waals surface area contributed by atoms with Crippen LogP contribution in [0.4, 0.5) is 0 Å². The zero-order valence-electron chi connectivity index (χ0n) is 9.97. The molecular weight excluding hydrogens is 280 g/mol. The summed E-state index contributed by atoms with van der Waals surface area (Å²) in [5, 5.41) is 0. The van der Waals surface area contributed by atoms with E-state index >= 15 is 0 Å². The van der Waals surface area contributed by atoms with Crippen LogP contribution in [0.1, 0.15) is 31.7 Å². The number of carbonyl (C=O) groups is 1. The molecule has 17 heavy (non-hydrogen) atoms. The van der Waals surface area contributed by atoms with Gasteiger partial charge in [-0.2, -0.15) is 0 Å². The number of halogens is 1. The molecule has 1 fully saturated rings. The highest BCUT2D eigenvalue weighted by Gasteiger charge is 2.34. The van der Waals surface area contributed by atoms with Crippen molar-refractivity contribution in [2.75, 3.05) is 0 Å². The van der Waals surface area contributed by atoms with E-state index in [2.05, 4.69) is 20.9 Å². The average molecular weight is 297 g/mol. The van der Waals surface area contributed by atoms with Crippen LogP contribution in [-0.4, -0.2) is 26.7 Å². The second-order valence-electron chi connectivity index (χ2n) is 4.43. The van der Waals surface area contributed by atoms with Gasteiger partial charge in [0, 0.05) is 25.0 Å². The topological polar surface area (TPSA) is 33.2 Å². The predicted octanol–water partition coefficient (Wildman–Crippen LogP) is 2.75. The van der Waals surface area contributed by atoms with Gasteiger partial charge in [0.2, 0.25) is 5.91 Å². The van der Waals surface area contributed by atoms with E-state index in [0.29, 0.717) is 12.6 Å². The van der Waals surface area contributed by atoms with Crippen molar-refractivity contribution in [1.29, 1.82) is 0 Å². The van der Waals surface area contributed by atoms with E-state index in [9.17, 15) is 4.79 Å². The highest BCUT2D eigenvalue weighted by Crippen LogP contribution is 2.30. The predicted molar refractivity (Wildman–Crippen MR) is 70.8 cm³/mol. The lowest BCUT2D eigenvalue weighted by Crippen LogP contribution is -2.37. The van der Waals surface area contributed by atoms with Crippen LogP contribution >= 0.6 is 15.9 Å². The van der Waals surface area contributed by atoms with Crippen LogP contribution in [0, 0.1) is 0 Å². The first-order valence-corrected chi connectivity index (χ1v) is 6.97. The normalized spacial score (nSPS) is 16.6. The maximum atomic E-state index is 12.2. The molecule has 1 aromatic rings. The molecule has 0 radical (unpaired) electrons. The van der Waals surface area contributed by atoms with Crippen molar-refractivity contribution >= 4 is 21.8 Å². The Morgan fingerprint density at radius 3 is 2.94 bits per heavy atom. The zero-order valence-corrected chi connectivity index (χ0v) is 11.6. The van der Waals surface area contributed by atoms with Crippen molar-refractivity contribution in [3.05, 3.63) is 30.1 Å². The fourth-order valence-electron chi connectivity index (χ4n) is 1.82. The third-order valence-electron chi connectivity index (χ3n) is 2.97. The molecule has 2 rings (SSSR count). The number of carbonyl (C=O) groups excluding carboxylic acids is 1. The van der Waals surface area contributed by atoms with E-state index in [-0.39, 0.29) is 10.7 Å². The summed E-state index contributed by atoms with van der Waals surface area (Å²) in [6.07, 6.45) is 6.68. The van der Waals surface area contributed by atoms with Crippen LogP contribution in [-0.2, 0) is 11.3 Å². The fourth-order valence-corrected chi connectivity index (χ4v) is 2.08. The van der Waals surface area contributed by atoms with E-state index in [4.69, 9.17) is 0 Å². The third-order valence-corrected chi connectivity index (χ3v) is 4.01.